The lowest BCUT2D eigenvalue weighted by Crippen LogP contribution is -2.13. The maximum absolute atomic E-state index is 4.32. The lowest BCUT2D eigenvalue weighted by Gasteiger charge is -2.09. The predicted molar refractivity (Wildman–Crippen MR) is 63.1 cm³/mol. The van der Waals surface area contributed by atoms with Gasteiger partial charge in [0.05, 0.1) is 0 Å². The normalized spacial score (nSPS) is 20.5. The van der Waals surface area contributed by atoms with Gasteiger partial charge in [-0.05, 0) is 50.4 Å². The molecule has 82 valence electrons. The lowest BCUT2D eigenvalue weighted by molar-refractivity contribution is 0.549. The molecule has 1 aromatic heterocycles. The number of aryl methyl sites for hydroxylation is 1. The number of nitrogens with zero attached hydrogens (tertiary/aromatic N) is 1. The van der Waals surface area contributed by atoms with Crippen molar-refractivity contribution >= 4 is 5.82 Å². The van der Waals surface area contributed by atoms with Crippen LogP contribution in [0.4, 0.5) is 5.82 Å². The molecule has 1 fully saturated rings. The Morgan fingerprint density at radius 1 is 1.53 bits per heavy atom. The van der Waals surface area contributed by atoms with Crippen molar-refractivity contribution in [3.63, 3.8) is 0 Å². The van der Waals surface area contributed by atoms with Gasteiger partial charge < -0.3 is 10.6 Å². The SMILES string of the molecule is Cc1ccc(NCCC2CCNC2)nc1. The van der Waals surface area contributed by atoms with Gasteiger partial charge in [0.2, 0.25) is 0 Å². The Balaban J connectivity index is 1.71. The number of pyridine rings is 1. The van der Waals surface area contributed by atoms with E-state index in [4.69, 9.17) is 0 Å². The van der Waals surface area contributed by atoms with Crippen LogP contribution in [0.25, 0.3) is 0 Å². The van der Waals surface area contributed by atoms with Gasteiger partial charge in [-0.15, -0.1) is 0 Å². The fourth-order valence-corrected chi connectivity index (χ4v) is 1.94. The first-order chi connectivity index (χ1) is 7.34. The molecule has 2 N–H and O–H groups in total. The van der Waals surface area contributed by atoms with Crippen molar-refractivity contribution in [1.29, 1.82) is 0 Å². The summed E-state index contributed by atoms with van der Waals surface area (Å²) in [6, 6.07) is 4.13. The van der Waals surface area contributed by atoms with Crippen LogP contribution in [0, 0.1) is 12.8 Å². The van der Waals surface area contributed by atoms with E-state index in [0.29, 0.717) is 0 Å². The van der Waals surface area contributed by atoms with E-state index < -0.39 is 0 Å². The first-order valence-electron chi connectivity index (χ1n) is 5.72. The van der Waals surface area contributed by atoms with E-state index in [1.165, 1.54) is 31.5 Å². The van der Waals surface area contributed by atoms with Crippen LogP contribution in [-0.4, -0.2) is 24.6 Å². The van der Waals surface area contributed by atoms with Crippen LogP contribution in [0.5, 0.6) is 0 Å². The van der Waals surface area contributed by atoms with Crippen molar-refractivity contribution in [2.45, 2.75) is 19.8 Å². The third kappa shape index (κ3) is 3.20. The number of aromatic nitrogens is 1. The first kappa shape index (κ1) is 10.4. The molecule has 1 aromatic rings. The van der Waals surface area contributed by atoms with Gasteiger partial charge in [0.1, 0.15) is 5.82 Å². The second-order valence-electron chi connectivity index (χ2n) is 4.30. The van der Waals surface area contributed by atoms with E-state index in [1.54, 1.807) is 0 Å². The molecule has 0 aromatic carbocycles. The van der Waals surface area contributed by atoms with E-state index in [9.17, 15) is 0 Å². The molecule has 2 heterocycles. The maximum Gasteiger partial charge on any atom is 0.125 e. The van der Waals surface area contributed by atoms with Crippen LogP contribution in [-0.2, 0) is 0 Å². The van der Waals surface area contributed by atoms with Gasteiger partial charge in [-0.3, -0.25) is 0 Å². The summed E-state index contributed by atoms with van der Waals surface area (Å²) in [7, 11) is 0. The zero-order chi connectivity index (χ0) is 10.5. The van der Waals surface area contributed by atoms with Gasteiger partial charge in [-0.25, -0.2) is 4.98 Å². The van der Waals surface area contributed by atoms with Crippen molar-refractivity contribution in [2.75, 3.05) is 25.0 Å². The Morgan fingerprint density at radius 2 is 2.47 bits per heavy atom. The quantitative estimate of drug-likeness (QED) is 0.787. The molecule has 1 atom stereocenters. The zero-order valence-electron chi connectivity index (χ0n) is 9.29. The summed E-state index contributed by atoms with van der Waals surface area (Å²) < 4.78 is 0. The molecule has 1 unspecified atom stereocenters. The molecule has 0 radical (unpaired) electrons. The highest BCUT2D eigenvalue weighted by Gasteiger charge is 2.13. The molecular weight excluding hydrogens is 186 g/mol. The Labute approximate surface area is 91.3 Å². The number of nitrogens with one attached hydrogen (secondary N) is 2. The molecule has 0 bridgehead atoms. The number of hydrogen-bond donors (Lipinski definition) is 2. The number of anilines is 1. The van der Waals surface area contributed by atoms with Gasteiger partial charge in [-0.2, -0.15) is 0 Å². The minimum Gasteiger partial charge on any atom is -0.370 e. The Hall–Kier alpha value is -1.09. The van der Waals surface area contributed by atoms with Crippen LogP contribution in [0.3, 0.4) is 0 Å². The average molecular weight is 205 g/mol. The predicted octanol–water partition coefficient (Wildman–Crippen LogP) is 1.80. The molecule has 0 amide bonds. The summed E-state index contributed by atoms with van der Waals surface area (Å²) >= 11 is 0. The smallest absolute Gasteiger partial charge is 0.125 e. The Bertz CT molecular complexity index is 288. The van der Waals surface area contributed by atoms with E-state index in [0.717, 1.165) is 18.3 Å². The molecule has 3 heteroatoms. The van der Waals surface area contributed by atoms with Crippen LogP contribution < -0.4 is 10.6 Å². The highest BCUT2D eigenvalue weighted by Crippen LogP contribution is 2.12. The van der Waals surface area contributed by atoms with Crippen LogP contribution in [0.1, 0.15) is 18.4 Å². The average Bonchev–Trinajstić information content (AvgIpc) is 2.74. The van der Waals surface area contributed by atoms with E-state index >= 15 is 0 Å². The fraction of sp³-hybridized carbons (Fsp3) is 0.583. The second kappa shape index (κ2) is 5.12. The van der Waals surface area contributed by atoms with Crippen molar-refractivity contribution in [3.8, 4) is 0 Å². The highest BCUT2D eigenvalue weighted by molar-refractivity contribution is 5.34. The van der Waals surface area contributed by atoms with Gasteiger partial charge in [0.15, 0.2) is 0 Å². The monoisotopic (exact) mass is 205 g/mol. The molecule has 2 rings (SSSR count). The van der Waals surface area contributed by atoms with Crippen LogP contribution in [0.2, 0.25) is 0 Å². The first-order valence-corrected chi connectivity index (χ1v) is 5.72. The van der Waals surface area contributed by atoms with E-state index in [1.807, 2.05) is 12.3 Å². The van der Waals surface area contributed by atoms with Crippen molar-refractivity contribution in [1.82, 2.24) is 10.3 Å². The Morgan fingerprint density at radius 3 is 3.13 bits per heavy atom. The fourth-order valence-electron chi connectivity index (χ4n) is 1.94. The molecular formula is C12H19N3. The van der Waals surface area contributed by atoms with Crippen LogP contribution >= 0.6 is 0 Å². The molecule has 0 saturated carbocycles. The summed E-state index contributed by atoms with van der Waals surface area (Å²) in [5.74, 6) is 1.84. The standard InChI is InChI=1S/C12H19N3/c1-10-2-3-12(15-8-10)14-7-5-11-4-6-13-9-11/h2-3,8,11,13H,4-7,9H2,1H3,(H,14,15). The van der Waals surface area contributed by atoms with Crippen LogP contribution in [0.15, 0.2) is 18.3 Å². The zero-order valence-corrected chi connectivity index (χ0v) is 9.29. The lowest BCUT2D eigenvalue weighted by atomic mass is 10.1. The minimum atomic E-state index is 0.850. The third-order valence-corrected chi connectivity index (χ3v) is 2.93. The van der Waals surface area contributed by atoms with Crippen molar-refractivity contribution < 1.29 is 0 Å². The summed E-state index contributed by atoms with van der Waals surface area (Å²) in [5.41, 5.74) is 1.21. The topological polar surface area (TPSA) is 37.0 Å². The summed E-state index contributed by atoms with van der Waals surface area (Å²) in [6.07, 6.45) is 4.46. The third-order valence-electron chi connectivity index (χ3n) is 2.93. The molecule has 1 saturated heterocycles. The summed E-state index contributed by atoms with van der Waals surface area (Å²) in [5, 5.41) is 6.74. The van der Waals surface area contributed by atoms with Gasteiger partial charge >= 0.3 is 0 Å². The molecule has 0 aliphatic carbocycles. The Kier molecular flexibility index (Phi) is 3.56. The van der Waals surface area contributed by atoms with E-state index in [2.05, 4.69) is 28.6 Å². The summed E-state index contributed by atoms with van der Waals surface area (Å²) in [4.78, 5) is 4.32. The molecule has 1 aliphatic rings. The van der Waals surface area contributed by atoms with Gasteiger partial charge in [-0.1, -0.05) is 6.07 Å². The second-order valence-corrected chi connectivity index (χ2v) is 4.30. The van der Waals surface area contributed by atoms with E-state index in [-0.39, 0.29) is 0 Å². The minimum absolute atomic E-state index is 0.850. The maximum atomic E-state index is 4.32. The highest BCUT2D eigenvalue weighted by atomic mass is 15.0. The number of hydrogen-bond acceptors (Lipinski definition) is 3. The largest absolute Gasteiger partial charge is 0.370 e. The van der Waals surface area contributed by atoms with Gasteiger partial charge in [0, 0.05) is 12.7 Å². The molecule has 0 spiro atoms. The molecule has 3 nitrogen and oxygen atoms in total. The summed E-state index contributed by atoms with van der Waals surface area (Å²) in [6.45, 7) is 5.46. The molecule has 15 heavy (non-hydrogen) atoms. The van der Waals surface area contributed by atoms with Gasteiger partial charge in [0.25, 0.3) is 0 Å². The molecule has 1 aliphatic heterocycles. The number of rotatable bonds is 4. The van der Waals surface area contributed by atoms with Crippen molar-refractivity contribution in [3.05, 3.63) is 23.9 Å². The van der Waals surface area contributed by atoms with Crippen molar-refractivity contribution in [2.24, 2.45) is 5.92 Å².